The lowest BCUT2D eigenvalue weighted by atomic mass is 10.1. The normalized spacial score (nSPS) is 17.6. The Morgan fingerprint density at radius 2 is 2.24 bits per heavy atom. The van der Waals surface area contributed by atoms with E-state index in [1.165, 1.54) is 5.56 Å². The largest absolute Gasteiger partial charge is 0.491 e. The van der Waals surface area contributed by atoms with Crippen molar-refractivity contribution in [3.05, 3.63) is 29.3 Å². The topological polar surface area (TPSA) is 64.1 Å². The molecule has 0 saturated carbocycles. The predicted octanol–water partition coefficient (Wildman–Crippen LogP) is 2.25. The molecule has 25 heavy (non-hydrogen) atoms. The fraction of sp³-hybridized carbons (Fsp3) is 0.632. The minimum atomic E-state index is 0.217. The molecule has 1 aliphatic rings. The Balaban J connectivity index is 1.86. The molecule has 1 atom stereocenters. The van der Waals surface area contributed by atoms with Gasteiger partial charge in [0.25, 0.3) is 0 Å². The number of guanidine groups is 1. The molecule has 0 spiro atoms. The Hall–Kier alpha value is -1.79. The molecule has 6 heteroatoms. The first-order chi connectivity index (χ1) is 12.2. The Labute approximate surface area is 151 Å². The molecule has 1 unspecified atom stereocenters. The fourth-order valence-corrected chi connectivity index (χ4v) is 2.69. The standard InChI is InChI=1S/C19H31N3O3/c1-4-23-11-9-21-19(20-3)22-13-16-8-7-15(2)12-18(16)25-14-17-6-5-10-24-17/h7-8,12,17H,4-6,9-11,13-14H2,1-3H3,(H2,20,21,22). The Bertz CT molecular complexity index is 543. The van der Waals surface area contributed by atoms with Gasteiger partial charge in [-0.15, -0.1) is 0 Å². The third-order valence-electron chi connectivity index (χ3n) is 4.08. The molecule has 0 aromatic heterocycles. The Morgan fingerprint density at radius 3 is 2.96 bits per heavy atom. The van der Waals surface area contributed by atoms with Gasteiger partial charge in [0.2, 0.25) is 0 Å². The van der Waals surface area contributed by atoms with E-state index < -0.39 is 0 Å². The SMILES string of the molecule is CCOCCNC(=NC)NCc1ccc(C)cc1OCC1CCCO1. The first kappa shape index (κ1) is 19.5. The van der Waals surface area contributed by atoms with E-state index in [1.54, 1.807) is 7.05 Å². The van der Waals surface area contributed by atoms with Crippen LogP contribution in [0.15, 0.2) is 23.2 Å². The molecule has 0 aliphatic carbocycles. The van der Waals surface area contributed by atoms with E-state index in [0.29, 0.717) is 19.8 Å². The van der Waals surface area contributed by atoms with Gasteiger partial charge in [0.15, 0.2) is 5.96 Å². The second kappa shape index (κ2) is 10.9. The molecule has 1 aromatic carbocycles. The summed E-state index contributed by atoms with van der Waals surface area (Å²) in [6.07, 6.45) is 2.42. The van der Waals surface area contributed by atoms with Gasteiger partial charge in [0.1, 0.15) is 12.4 Å². The number of ether oxygens (including phenoxy) is 3. The lowest BCUT2D eigenvalue weighted by Gasteiger charge is -2.17. The van der Waals surface area contributed by atoms with E-state index in [2.05, 4.69) is 40.7 Å². The summed E-state index contributed by atoms with van der Waals surface area (Å²) in [5, 5.41) is 6.56. The van der Waals surface area contributed by atoms with Crippen LogP contribution in [0.4, 0.5) is 0 Å². The molecular formula is C19H31N3O3. The average molecular weight is 349 g/mol. The van der Waals surface area contributed by atoms with Crippen molar-refractivity contribution in [1.82, 2.24) is 10.6 Å². The van der Waals surface area contributed by atoms with Gasteiger partial charge in [-0.1, -0.05) is 12.1 Å². The molecule has 0 bridgehead atoms. The van der Waals surface area contributed by atoms with Crippen LogP contribution in [0.1, 0.15) is 30.9 Å². The van der Waals surface area contributed by atoms with Crippen LogP contribution < -0.4 is 15.4 Å². The van der Waals surface area contributed by atoms with E-state index in [0.717, 1.165) is 49.9 Å². The van der Waals surface area contributed by atoms with Crippen molar-refractivity contribution in [2.24, 2.45) is 4.99 Å². The Morgan fingerprint density at radius 1 is 1.36 bits per heavy atom. The number of hydrogen-bond donors (Lipinski definition) is 2. The number of nitrogens with one attached hydrogen (secondary N) is 2. The zero-order valence-electron chi connectivity index (χ0n) is 15.6. The lowest BCUT2D eigenvalue weighted by Crippen LogP contribution is -2.38. The van der Waals surface area contributed by atoms with Crippen molar-refractivity contribution in [3.63, 3.8) is 0 Å². The first-order valence-electron chi connectivity index (χ1n) is 9.09. The van der Waals surface area contributed by atoms with Crippen LogP contribution in [0.5, 0.6) is 5.75 Å². The van der Waals surface area contributed by atoms with Crippen molar-refractivity contribution in [2.75, 3.05) is 40.0 Å². The van der Waals surface area contributed by atoms with E-state index in [9.17, 15) is 0 Å². The summed E-state index contributed by atoms with van der Waals surface area (Å²) in [5.41, 5.74) is 2.29. The highest BCUT2D eigenvalue weighted by molar-refractivity contribution is 5.79. The van der Waals surface area contributed by atoms with Gasteiger partial charge in [-0.2, -0.15) is 0 Å². The minimum absolute atomic E-state index is 0.217. The molecular weight excluding hydrogens is 318 g/mol. The molecule has 2 rings (SSSR count). The van der Waals surface area contributed by atoms with Crippen molar-refractivity contribution in [3.8, 4) is 5.75 Å². The van der Waals surface area contributed by atoms with Gasteiger partial charge in [-0.25, -0.2) is 0 Å². The number of hydrogen-bond acceptors (Lipinski definition) is 4. The third-order valence-corrected chi connectivity index (χ3v) is 4.08. The molecule has 1 aromatic rings. The van der Waals surface area contributed by atoms with Crippen LogP contribution in [0, 0.1) is 6.92 Å². The van der Waals surface area contributed by atoms with Crippen molar-refractivity contribution in [1.29, 1.82) is 0 Å². The maximum atomic E-state index is 6.04. The molecule has 6 nitrogen and oxygen atoms in total. The van der Waals surface area contributed by atoms with Crippen LogP contribution >= 0.6 is 0 Å². The molecule has 0 radical (unpaired) electrons. The van der Waals surface area contributed by atoms with Crippen molar-refractivity contribution >= 4 is 5.96 Å². The zero-order chi connectivity index (χ0) is 17.9. The van der Waals surface area contributed by atoms with E-state index in [-0.39, 0.29) is 6.10 Å². The van der Waals surface area contributed by atoms with Crippen molar-refractivity contribution < 1.29 is 14.2 Å². The maximum absolute atomic E-state index is 6.04. The Kier molecular flexibility index (Phi) is 8.55. The average Bonchev–Trinajstić information content (AvgIpc) is 3.14. The summed E-state index contributed by atoms with van der Waals surface area (Å²) < 4.78 is 17.0. The van der Waals surface area contributed by atoms with E-state index in [1.807, 2.05) is 6.92 Å². The van der Waals surface area contributed by atoms with E-state index in [4.69, 9.17) is 14.2 Å². The highest BCUT2D eigenvalue weighted by atomic mass is 16.5. The molecule has 2 N–H and O–H groups in total. The molecule has 140 valence electrons. The lowest BCUT2D eigenvalue weighted by molar-refractivity contribution is 0.0676. The summed E-state index contributed by atoms with van der Waals surface area (Å²) in [7, 11) is 1.76. The van der Waals surface area contributed by atoms with Gasteiger partial charge in [-0.05, 0) is 38.3 Å². The maximum Gasteiger partial charge on any atom is 0.191 e. The van der Waals surface area contributed by atoms with Gasteiger partial charge in [-0.3, -0.25) is 4.99 Å². The number of rotatable bonds is 9. The third kappa shape index (κ3) is 6.92. The number of aryl methyl sites for hydroxylation is 1. The molecule has 1 fully saturated rings. The van der Waals surface area contributed by atoms with Crippen LogP contribution in [-0.2, 0) is 16.0 Å². The molecule has 0 amide bonds. The fourth-order valence-electron chi connectivity index (χ4n) is 2.69. The van der Waals surface area contributed by atoms with E-state index >= 15 is 0 Å². The predicted molar refractivity (Wildman–Crippen MR) is 100 cm³/mol. The summed E-state index contributed by atoms with van der Waals surface area (Å²) in [4.78, 5) is 4.24. The van der Waals surface area contributed by atoms with Crippen LogP contribution in [0.25, 0.3) is 0 Å². The number of nitrogens with zero attached hydrogens (tertiary/aromatic N) is 1. The van der Waals surface area contributed by atoms with Gasteiger partial charge in [0, 0.05) is 38.9 Å². The summed E-state index contributed by atoms with van der Waals surface area (Å²) in [6.45, 7) is 8.28. The van der Waals surface area contributed by atoms with Crippen LogP contribution in [0.3, 0.4) is 0 Å². The van der Waals surface area contributed by atoms with Gasteiger partial charge < -0.3 is 24.8 Å². The second-order valence-electron chi connectivity index (χ2n) is 6.11. The molecule has 1 heterocycles. The minimum Gasteiger partial charge on any atom is -0.491 e. The first-order valence-corrected chi connectivity index (χ1v) is 9.09. The van der Waals surface area contributed by atoms with Gasteiger partial charge in [0.05, 0.1) is 12.7 Å². The summed E-state index contributed by atoms with van der Waals surface area (Å²) in [6, 6.07) is 6.28. The number of benzene rings is 1. The van der Waals surface area contributed by atoms with Gasteiger partial charge >= 0.3 is 0 Å². The zero-order valence-corrected chi connectivity index (χ0v) is 15.6. The highest BCUT2D eigenvalue weighted by Gasteiger charge is 2.17. The van der Waals surface area contributed by atoms with Crippen molar-refractivity contribution in [2.45, 2.75) is 39.3 Å². The summed E-state index contributed by atoms with van der Waals surface area (Å²) >= 11 is 0. The highest BCUT2D eigenvalue weighted by Crippen LogP contribution is 2.22. The summed E-state index contributed by atoms with van der Waals surface area (Å²) in [5.74, 6) is 1.66. The molecule has 1 saturated heterocycles. The monoisotopic (exact) mass is 349 g/mol. The number of aliphatic imine (C=N–C) groups is 1. The second-order valence-corrected chi connectivity index (χ2v) is 6.11. The van der Waals surface area contributed by atoms with Crippen LogP contribution in [0.2, 0.25) is 0 Å². The molecule has 1 aliphatic heterocycles. The van der Waals surface area contributed by atoms with Crippen LogP contribution in [-0.4, -0.2) is 52.1 Å². The smallest absolute Gasteiger partial charge is 0.191 e. The quantitative estimate of drug-likeness (QED) is 0.407.